The van der Waals surface area contributed by atoms with Crippen molar-refractivity contribution in [2.75, 3.05) is 26.2 Å². The molecule has 0 spiro atoms. The molecule has 1 saturated heterocycles. The lowest BCUT2D eigenvalue weighted by Crippen LogP contribution is -2.57. The van der Waals surface area contributed by atoms with E-state index in [4.69, 9.17) is 4.74 Å². The summed E-state index contributed by atoms with van der Waals surface area (Å²) in [6.45, 7) is 7.90. The molecule has 0 unspecified atom stereocenters. The molecule has 1 fully saturated rings. The highest BCUT2D eigenvalue weighted by Gasteiger charge is 2.34. The summed E-state index contributed by atoms with van der Waals surface area (Å²) < 4.78 is 5.98. The van der Waals surface area contributed by atoms with Crippen molar-refractivity contribution >= 4 is 23.6 Å². The highest BCUT2D eigenvalue weighted by molar-refractivity contribution is 6.00. The van der Waals surface area contributed by atoms with Crippen LogP contribution in [0.3, 0.4) is 0 Å². The molecule has 11 heteroatoms. The maximum absolute atomic E-state index is 14.2. The number of fused-ring (bicyclic) bond motifs is 12. The lowest BCUT2D eigenvalue weighted by molar-refractivity contribution is -0.137. The molecule has 4 amide bonds. The summed E-state index contributed by atoms with van der Waals surface area (Å²) in [5.74, 6) is -1.67. The van der Waals surface area contributed by atoms with Gasteiger partial charge in [0.1, 0.15) is 35.4 Å². The molecule has 0 saturated carbocycles. The van der Waals surface area contributed by atoms with Gasteiger partial charge in [0.2, 0.25) is 17.7 Å². The number of hydrogen-bond acceptors (Lipinski definition) is 7. The van der Waals surface area contributed by atoms with E-state index in [1.807, 2.05) is 17.0 Å². The number of amides is 4. The zero-order chi connectivity index (χ0) is 34.7. The minimum Gasteiger partial charge on any atom is -0.507 e. The molecule has 3 atom stereocenters. The normalized spacial score (nSPS) is 22.7. The van der Waals surface area contributed by atoms with Gasteiger partial charge in [0.25, 0.3) is 5.91 Å². The van der Waals surface area contributed by atoms with Crippen LogP contribution in [0.4, 0.5) is 0 Å². The first-order valence-corrected chi connectivity index (χ1v) is 17.2. The van der Waals surface area contributed by atoms with E-state index in [0.717, 1.165) is 37.9 Å². The quantitative estimate of drug-likeness (QED) is 0.315. The fourth-order valence-corrected chi connectivity index (χ4v) is 6.98. The number of phenols is 1. The number of phenolic OH excluding ortho intramolecular Hbond substituents is 1. The molecule has 4 bridgehead atoms. The first-order valence-electron chi connectivity index (χ1n) is 17.2. The maximum Gasteiger partial charge on any atom is 0.255 e. The van der Waals surface area contributed by atoms with Crippen LogP contribution in [-0.4, -0.2) is 88.9 Å². The van der Waals surface area contributed by atoms with Gasteiger partial charge in [0.05, 0.1) is 5.56 Å². The predicted octanol–water partition coefficient (Wildman–Crippen LogP) is 3.19. The van der Waals surface area contributed by atoms with Crippen LogP contribution in [0.25, 0.3) is 0 Å². The van der Waals surface area contributed by atoms with Gasteiger partial charge in [-0.3, -0.25) is 24.1 Å². The lowest BCUT2D eigenvalue weighted by atomic mass is 10.0. The first kappa shape index (κ1) is 34.0. The minimum atomic E-state index is -0.998. The minimum absolute atomic E-state index is 0.0502. The number of nitrogens with one attached hydrogen (secondary N) is 3. The van der Waals surface area contributed by atoms with Crippen molar-refractivity contribution < 1.29 is 29.0 Å². The number of carbonyl (C=O) groups is 4. The van der Waals surface area contributed by atoms with Gasteiger partial charge in [-0.15, -0.1) is 0 Å². The molecule has 3 aromatic rings. The van der Waals surface area contributed by atoms with E-state index in [2.05, 4.69) is 45.1 Å². The Morgan fingerprint density at radius 3 is 2.20 bits per heavy atom. The smallest absolute Gasteiger partial charge is 0.255 e. The van der Waals surface area contributed by atoms with E-state index in [1.54, 1.807) is 39.0 Å². The average molecular weight is 668 g/mol. The summed E-state index contributed by atoms with van der Waals surface area (Å²) in [5, 5.41) is 18.8. The number of carbonyl (C=O) groups excluding carboxylic acids is 4. The molecule has 49 heavy (non-hydrogen) atoms. The molecule has 7 rings (SSSR count). The van der Waals surface area contributed by atoms with Crippen LogP contribution >= 0.6 is 0 Å². The molecule has 258 valence electrons. The molecule has 1 aliphatic carbocycles. The van der Waals surface area contributed by atoms with Gasteiger partial charge >= 0.3 is 0 Å². The third-order valence-electron chi connectivity index (χ3n) is 9.80. The second-order valence-electron chi connectivity index (χ2n) is 13.7. The Morgan fingerprint density at radius 2 is 1.51 bits per heavy atom. The van der Waals surface area contributed by atoms with E-state index in [9.17, 15) is 24.3 Å². The van der Waals surface area contributed by atoms with Crippen molar-refractivity contribution in [3.63, 3.8) is 0 Å². The van der Waals surface area contributed by atoms with Gasteiger partial charge in [0.15, 0.2) is 0 Å². The molecule has 3 aliphatic heterocycles. The van der Waals surface area contributed by atoms with E-state index >= 15 is 0 Å². The summed E-state index contributed by atoms with van der Waals surface area (Å²) in [6.07, 6.45) is 3.11. The van der Waals surface area contributed by atoms with Gasteiger partial charge < -0.3 is 30.7 Å². The Balaban J connectivity index is 1.22. The van der Waals surface area contributed by atoms with Crippen LogP contribution in [0.1, 0.15) is 54.2 Å². The van der Waals surface area contributed by atoms with Crippen molar-refractivity contribution in [2.24, 2.45) is 5.92 Å². The molecule has 11 nitrogen and oxygen atoms in total. The zero-order valence-electron chi connectivity index (χ0n) is 28.3. The third kappa shape index (κ3) is 7.88. The molecular formula is C38H45N5O6. The summed E-state index contributed by atoms with van der Waals surface area (Å²) >= 11 is 0. The third-order valence-corrected chi connectivity index (χ3v) is 9.80. The highest BCUT2D eigenvalue weighted by Crippen LogP contribution is 2.29. The second-order valence-corrected chi connectivity index (χ2v) is 13.7. The number of benzene rings is 3. The van der Waals surface area contributed by atoms with Gasteiger partial charge in [-0.25, -0.2) is 0 Å². The number of ether oxygens (including phenoxy) is 1. The van der Waals surface area contributed by atoms with Gasteiger partial charge in [-0.05, 0) is 79.1 Å². The van der Waals surface area contributed by atoms with Crippen molar-refractivity contribution in [2.45, 2.75) is 70.6 Å². The number of nitrogens with zero attached hydrogens (tertiary/aromatic N) is 2. The molecule has 4 aliphatic rings. The Bertz CT molecular complexity index is 1680. The molecule has 0 radical (unpaired) electrons. The average Bonchev–Trinajstić information content (AvgIpc) is 3.36. The van der Waals surface area contributed by atoms with Gasteiger partial charge in [-0.2, -0.15) is 0 Å². The van der Waals surface area contributed by atoms with Crippen molar-refractivity contribution in [3.8, 4) is 17.2 Å². The zero-order valence-corrected chi connectivity index (χ0v) is 28.3. The Labute approximate surface area is 287 Å². The SMILES string of the molecule is CC(C)[C@@H]1NC(=O)c2cc(ccc2O)Oc2ccc(cc2)C[C@@H](C(=O)N2CCCN(C3Cc4ccccc4C3)CC2)NC(=O)[C@H](C)NC1=O. The van der Waals surface area contributed by atoms with E-state index < -0.39 is 35.8 Å². The lowest BCUT2D eigenvalue weighted by Gasteiger charge is -2.30. The van der Waals surface area contributed by atoms with Crippen molar-refractivity contribution in [3.05, 3.63) is 89.0 Å². The van der Waals surface area contributed by atoms with Crippen LogP contribution in [0.2, 0.25) is 0 Å². The monoisotopic (exact) mass is 667 g/mol. The standard InChI is InChI=1S/C38H45N5O6/c1-23(2)34-37(47)39-24(3)35(45)40-32(19-25-9-11-29(12-10-25)49-30-13-14-33(44)31(22-30)36(46)41-34)38(48)43-16-6-15-42(17-18-43)28-20-26-7-4-5-8-27(26)21-28/h4-5,7-14,22-24,28,32,34,44H,6,15-21H2,1-3H3,(H,39,47)(H,40,45)(H,41,46)/t24-,32-,34-/m0/s1. The van der Waals surface area contributed by atoms with Crippen LogP contribution in [0.5, 0.6) is 17.2 Å². The van der Waals surface area contributed by atoms with Gasteiger partial charge in [0, 0.05) is 38.6 Å². The van der Waals surface area contributed by atoms with Crippen LogP contribution < -0.4 is 20.7 Å². The Kier molecular flexibility index (Phi) is 10.2. The van der Waals surface area contributed by atoms with Crippen molar-refractivity contribution in [1.29, 1.82) is 0 Å². The first-order chi connectivity index (χ1) is 23.5. The number of aromatic hydroxyl groups is 1. The predicted molar refractivity (Wildman–Crippen MR) is 184 cm³/mol. The summed E-state index contributed by atoms with van der Waals surface area (Å²) in [4.78, 5) is 58.7. The summed E-state index contributed by atoms with van der Waals surface area (Å²) in [7, 11) is 0. The molecule has 3 aromatic carbocycles. The van der Waals surface area contributed by atoms with E-state index in [0.29, 0.717) is 30.6 Å². The van der Waals surface area contributed by atoms with Crippen molar-refractivity contribution in [1.82, 2.24) is 25.8 Å². The number of rotatable bonds is 3. The molecular weight excluding hydrogens is 622 g/mol. The fourth-order valence-electron chi connectivity index (χ4n) is 6.98. The Morgan fingerprint density at radius 1 is 0.816 bits per heavy atom. The van der Waals surface area contributed by atoms with E-state index in [1.165, 1.54) is 23.3 Å². The number of hydrogen-bond donors (Lipinski definition) is 4. The molecule has 3 heterocycles. The summed E-state index contributed by atoms with van der Waals surface area (Å²) in [6, 6.07) is 17.7. The maximum atomic E-state index is 14.2. The fraction of sp³-hybridized carbons (Fsp3) is 0.421. The van der Waals surface area contributed by atoms with Gasteiger partial charge in [-0.1, -0.05) is 50.2 Å². The summed E-state index contributed by atoms with van der Waals surface area (Å²) in [5.41, 5.74) is 3.56. The molecule has 0 aromatic heterocycles. The Hall–Kier alpha value is -4.90. The van der Waals surface area contributed by atoms with Crippen LogP contribution in [-0.2, 0) is 33.6 Å². The molecule has 4 N–H and O–H groups in total. The largest absolute Gasteiger partial charge is 0.507 e. The van der Waals surface area contributed by atoms with Crippen LogP contribution in [0, 0.1) is 5.92 Å². The second kappa shape index (κ2) is 14.7. The highest BCUT2D eigenvalue weighted by atomic mass is 16.5. The van der Waals surface area contributed by atoms with E-state index in [-0.39, 0.29) is 29.6 Å². The topological polar surface area (TPSA) is 140 Å². The van der Waals surface area contributed by atoms with Crippen LogP contribution in [0.15, 0.2) is 66.7 Å².